The predicted octanol–water partition coefficient (Wildman–Crippen LogP) is 2.60. The zero-order valence-electron chi connectivity index (χ0n) is 12.1. The van der Waals surface area contributed by atoms with E-state index in [1.54, 1.807) is 19.3 Å². The number of carboxylic acids is 1. The van der Waals surface area contributed by atoms with Crippen LogP contribution in [0.25, 0.3) is 0 Å². The van der Waals surface area contributed by atoms with E-state index in [1.807, 2.05) is 36.4 Å². The molecule has 0 fully saturated rings. The lowest BCUT2D eigenvalue weighted by molar-refractivity contribution is -0.138. The smallest absolute Gasteiger partial charge is 0.310 e. The summed E-state index contributed by atoms with van der Waals surface area (Å²) in [6, 6.07) is 11.8. The molecule has 0 saturated carbocycles. The highest BCUT2D eigenvalue weighted by Gasteiger charge is 2.12. The van der Waals surface area contributed by atoms with E-state index in [-0.39, 0.29) is 0 Å². The molecule has 4 heteroatoms. The van der Waals surface area contributed by atoms with E-state index in [1.165, 1.54) is 5.56 Å². The lowest BCUT2D eigenvalue weighted by Crippen LogP contribution is -2.16. The summed E-state index contributed by atoms with van der Waals surface area (Å²) in [5, 5.41) is 12.4. The van der Waals surface area contributed by atoms with Crippen molar-refractivity contribution in [1.82, 2.24) is 10.3 Å². The molecule has 0 spiro atoms. The topological polar surface area (TPSA) is 62.2 Å². The molecule has 1 atom stereocenters. The average Bonchev–Trinajstić information content (AvgIpc) is 2.52. The van der Waals surface area contributed by atoms with Gasteiger partial charge in [0.2, 0.25) is 0 Å². The molecule has 0 aliphatic carbocycles. The van der Waals surface area contributed by atoms with Crippen LogP contribution in [-0.2, 0) is 17.8 Å². The maximum absolute atomic E-state index is 10.9. The number of carbonyl (C=O) groups is 1. The summed E-state index contributed by atoms with van der Waals surface area (Å²) in [5.74, 6) is -1.25. The van der Waals surface area contributed by atoms with Crippen molar-refractivity contribution in [1.29, 1.82) is 0 Å². The number of aromatic nitrogens is 1. The third-order valence-electron chi connectivity index (χ3n) is 3.52. The van der Waals surface area contributed by atoms with E-state index >= 15 is 0 Å². The molecule has 0 aliphatic rings. The highest BCUT2D eigenvalue weighted by atomic mass is 16.4. The molecular formula is C17H20N2O2. The Bertz CT molecular complexity index is 567. The molecule has 1 heterocycles. The summed E-state index contributed by atoms with van der Waals surface area (Å²) in [6.07, 6.45) is 4.58. The fourth-order valence-corrected chi connectivity index (χ4v) is 2.08. The van der Waals surface area contributed by atoms with Gasteiger partial charge in [-0.25, -0.2) is 0 Å². The summed E-state index contributed by atoms with van der Waals surface area (Å²) in [5.41, 5.74) is 3.26. The number of rotatable bonds is 7. The molecule has 110 valence electrons. The fourth-order valence-electron chi connectivity index (χ4n) is 2.08. The van der Waals surface area contributed by atoms with E-state index < -0.39 is 11.9 Å². The first-order valence-corrected chi connectivity index (χ1v) is 7.08. The number of hydrogen-bond donors (Lipinski definition) is 2. The highest BCUT2D eigenvalue weighted by Crippen LogP contribution is 2.15. The summed E-state index contributed by atoms with van der Waals surface area (Å²) in [7, 11) is 0. The summed E-state index contributed by atoms with van der Waals surface area (Å²) < 4.78 is 0. The molecule has 0 bridgehead atoms. The summed E-state index contributed by atoms with van der Waals surface area (Å²) in [4.78, 5) is 14.9. The van der Waals surface area contributed by atoms with E-state index in [4.69, 9.17) is 5.11 Å². The standard InChI is InChI=1S/C17H20N2O2/c1-13(17(20)21)16-4-2-15(3-5-16)12-19-11-8-14-6-9-18-10-7-14/h2-7,9-10,13,19H,8,11-12H2,1H3,(H,20,21). The second kappa shape index (κ2) is 7.55. The Morgan fingerprint density at radius 3 is 2.43 bits per heavy atom. The fraction of sp³-hybridized carbons (Fsp3) is 0.294. The number of nitrogens with zero attached hydrogens (tertiary/aromatic N) is 1. The van der Waals surface area contributed by atoms with Crippen LogP contribution in [0.1, 0.15) is 29.5 Å². The number of aliphatic carboxylic acids is 1. The number of hydrogen-bond acceptors (Lipinski definition) is 3. The van der Waals surface area contributed by atoms with Gasteiger partial charge in [0.15, 0.2) is 0 Å². The first kappa shape index (κ1) is 15.2. The molecule has 0 aliphatic heterocycles. The number of carboxylic acid groups (broad SMARTS) is 1. The van der Waals surface area contributed by atoms with Gasteiger partial charge < -0.3 is 10.4 Å². The largest absolute Gasteiger partial charge is 0.481 e. The maximum Gasteiger partial charge on any atom is 0.310 e. The minimum atomic E-state index is -0.793. The minimum Gasteiger partial charge on any atom is -0.481 e. The molecule has 0 amide bonds. The Morgan fingerprint density at radius 1 is 1.14 bits per heavy atom. The van der Waals surface area contributed by atoms with Gasteiger partial charge in [0.25, 0.3) is 0 Å². The Kier molecular flexibility index (Phi) is 5.46. The Balaban J connectivity index is 1.77. The molecule has 1 aromatic carbocycles. The van der Waals surface area contributed by atoms with Crippen LogP contribution in [-0.4, -0.2) is 22.6 Å². The second-order valence-electron chi connectivity index (χ2n) is 5.08. The van der Waals surface area contributed by atoms with Crippen LogP contribution in [0.5, 0.6) is 0 Å². The normalized spacial score (nSPS) is 12.0. The molecule has 0 saturated heterocycles. The Hall–Kier alpha value is -2.20. The molecule has 2 aromatic rings. The Labute approximate surface area is 124 Å². The van der Waals surface area contributed by atoms with E-state index in [0.29, 0.717) is 0 Å². The summed E-state index contributed by atoms with van der Waals surface area (Å²) in [6.45, 7) is 3.38. The highest BCUT2D eigenvalue weighted by molar-refractivity contribution is 5.75. The van der Waals surface area contributed by atoms with Gasteiger partial charge in [0.1, 0.15) is 0 Å². The lowest BCUT2D eigenvalue weighted by Gasteiger charge is -2.09. The zero-order chi connectivity index (χ0) is 15.1. The quantitative estimate of drug-likeness (QED) is 0.767. The van der Waals surface area contributed by atoms with E-state index in [0.717, 1.165) is 30.6 Å². The van der Waals surface area contributed by atoms with Gasteiger partial charge in [-0.3, -0.25) is 9.78 Å². The molecule has 1 aromatic heterocycles. The van der Waals surface area contributed by atoms with Crippen LogP contribution >= 0.6 is 0 Å². The van der Waals surface area contributed by atoms with Crippen LogP contribution in [0.15, 0.2) is 48.8 Å². The molecule has 2 rings (SSSR count). The molecule has 4 nitrogen and oxygen atoms in total. The van der Waals surface area contributed by atoms with Crippen LogP contribution in [0.3, 0.4) is 0 Å². The SMILES string of the molecule is CC(C(=O)O)c1ccc(CNCCc2ccncc2)cc1. The van der Waals surface area contributed by atoms with Gasteiger partial charge in [0.05, 0.1) is 5.92 Å². The van der Waals surface area contributed by atoms with Gasteiger partial charge in [-0.1, -0.05) is 24.3 Å². The van der Waals surface area contributed by atoms with Crippen molar-refractivity contribution in [3.63, 3.8) is 0 Å². The minimum absolute atomic E-state index is 0.460. The van der Waals surface area contributed by atoms with Crippen molar-refractivity contribution in [2.24, 2.45) is 0 Å². The maximum atomic E-state index is 10.9. The molecular weight excluding hydrogens is 264 g/mol. The lowest BCUT2D eigenvalue weighted by atomic mass is 10.00. The van der Waals surface area contributed by atoms with E-state index in [2.05, 4.69) is 10.3 Å². The number of benzene rings is 1. The average molecular weight is 284 g/mol. The summed E-state index contributed by atoms with van der Waals surface area (Å²) >= 11 is 0. The molecule has 21 heavy (non-hydrogen) atoms. The van der Waals surface area contributed by atoms with Crippen molar-refractivity contribution < 1.29 is 9.90 Å². The molecule has 0 radical (unpaired) electrons. The van der Waals surface area contributed by atoms with Crippen molar-refractivity contribution in [2.45, 2.75) is 25.8 Å². The first-order valence-electron chi connectivity index (χ1n) is 7.08. The third-order valence-corrected chi connectivity index (χ3v) is 3.52. The van der Waals surface area contributed by atoms with Crippen LogP contribution in [0.4, 0.5) is 0 Å². The van der Waals surface area contributed by atoms with Gasteiger partial charge in [-0.05, 0) is 48.7 Å². The Morgan fingerprint density at radius 2 is 1.81 bits per heavy atom. The van der Waals surface area contributed by atoms with Gasteiger partial charge >= 0.3 is 5.97 Å². The van der Waals surface area contributed by atoms with Crippen LogP contribution < -0.4 is 5.32 Å². The van der Waals surface area contributed by atoms with E-state index in [9.17, 15) is 4.79 Å². The van der Waals surface area contributed by atoms with Crippen molar-refractivity contribution in [3.8, 4) is 0 Å². The zero-order valence-corrected chi connectivity index (χ0v) is 12.1. The van der Waals surface area contributed by atoms with Crippen LogP contribution in [0.2, 0.25) is 0 Å². The number of nitrogens with one attached hydrogen (secondary N) is 1. The second-order valence-corrected chi connectivity index (χ2v) is 5.08. The monoisotopic (exact) mass is 284 g/mol. The number of pyridine rings is 1. The predicted molar refractivity (Wildman–Crippen MR) is 82.1 cm³/mol. The van der Waals surface area contributed by atoms with Crippen molar-refractivity contribution in [3.05, 3.63) is 65.5 Å². The van der Waals surface area contributed by atoms with Crippen molar-refractivity contribution in [2.75, 3.05) is 6.54 Å². The van der Waals surface area contributed by atoms with Crippen molar-refractivity contribution >= 4 is 5.97 Å². The first-order chi connectivity index (χ1) is 10.2. The molecule has 1 unspecified atom stereocenters. The van der Waals surface area contributed by atoms with Gasteiger partial charge in [-0.2, -0.15) is 0 Å². The van der Waals surface area contributed by atoms with Crippen LogP contribution in [0, 0.1) is 0 Å². The third kappa shape index (κ3) is 4.68. The van der Waals surface area contributed by atoms with Gasteiger partial charge in [-0.15, -0.1) is 0 Å². The van der Waals surface area contributed by atoms with Gasteiger partial charge in [0, 0.05) is 18.9 Å². The molecule has 2 N–H and O–H groups in total.